The number of aromatic nitrogens is 3. The van der Waals surface area contributed by atoms with Crippen molar-refractivity contribution in [3.8, 4) is 0 Å². The summed E-state index contributed by atoms with van der Waals surface area (Å²) in [5, 5.41) is 17.2. The third kappa shape index (κ3) is 3.02. The zero-order valence-electron chi connectivity index (χ0n) is 12.4. The Labute approximate surface area is 134 Å². The second-order valence-corrected chi connectivity index (χ2v) is 4.94. The molecule has 1 amide bonds. The van der Waals surface area contributed by atoms with Crippen molar-refractivity contribution in [2.24, 2.45) is 0 Å². The van der Waals surface area contributed by atoms with E-state index in [1.54, 1.807) is 24.4 Å². The van der Waals surface area contributed by atoms with Crippen molar-refractivity contribution in [3.63, 3.8) is 0 Å². The van der Waals surface area contributed by atoms with Gasteiger partial charge >= 0.3 is 11.6 Å². The highest BCUT2D eigenvalue weighted by Gasteiger charge is 2.16. The first kappa shape index (κ1) is 15.5. The van der Waals surface area contributed by atoms with Crippen molar-refractivity contribution in [2.75, 3.05) is 6.54 Å². The van der Waals surface area contributed by atoms with E-state index >= 15 is 0 Å². The van der Waals surface area contributed by atoms with Gasteiger partial charge in [-0.3, -0.25) is 19.3 Å². The molecule has 3 aromatic heterocycles. The number of pyridine rings is 1. The van der Waals surface area contributed by atoms with Crippen LogP contribution in [0.25, 0.3) is 5.65 Å². The number of carbonyl (C=O) groups excluding carboxylic acids is 1. The van der Waals surface area contributed by atoms with Crippen LogP contribution in [0, 0.1) is 10.1 Å². The number of aryl methyl sites for hydroxylation is 1. The van der Waals surface area contributed by atoms with Crippen LogP contribution >= 0.6 is 0 Å². The number of nitrogens with zero attached hydrogens (tertiary/aromatic N) is 4. The summed E-state index contributed by atoms with van der Waals surface area (Å²) >= 11 is 0. The first-order chi connectivity index (χ1) is 11.6. The highest BCUT2D eigenvalue weighted by molar-refractivity contribution is 5.91. The molecule has 0 spiro atoms. The normalized spacial score (nSPS) is 10.8. The van der Waals surface area contributed by atoms with Crippen LogP contribution in [0.1, 0.15) is 17.0 Å². The molecule has 0 atom stereocenters. The van der Waals surface area contributed by atoms with Crippen LogP contribution in [-0.4, -0.2) is 31.6 Å². The quantitative estimate of drug-likeness (QED) is 0.405. The molecule has 0 saturated carbocycles. The van der Waals surface area contributed by atoms with Gasteiger partial charge in [0.15, 0.2) is 11.4 Å². The Hall–Kier alpha value is -3.43. The van der Waals surface area contributed by atoms with E-state index in [9.17, 15) is 19.7 Å². The summed E-state index contributed by atoms with van der Waals surface area (Å²) in [6, 6.07) is 7.60. The standard InChI is InChI=1S/C14H13N5O5/c20-13(10-5-6-12(24-10)19(22)23)15-7-3-9-18-14(21)17-8-2-1-4-11(17)16-18/h1-2,4-6,8H,3,7,9H2,(H,15,20). The molecule has 1 N–H and O–H groups in total. The minimum Gasteiger partial charge on any atom is -0.395 e. The number of amides is 1. The maximum absolute atomic E-state index is 12.0. The van der Waals surface area contributed by atoms with Gasteiger partial charge in [0, 0.05) is 19.3 Å². The summed E-state index contributed by atoms with van der Waals surface area (Å²) in [4.78, 5) is 33.6. The highest BCUT2D eigenvalue weighted by Crippen LogP contribution is 2.15. The van der Waals surface area contributed by atoms with E-state index < -0.39 is 16.7 Å². The second-order valence-electron chi connectivity index (χ2n) is 4.94. The lowest BCUT2D eigenvalue weighted by Crippen LogP contribution is -2.27. The molecule has 0 bridgehead atoms. The number of nitro groups is 1. The molecule has 0 saturated heterocycles. The summed E-state index contributed by atoms with van der Waals surface area (Å²) < 4.78 is 7.55. The third-order valence-corrected chi connectivity index (χ3v) is 3.32. The molecule has 3 aromatic rings. The average Bonchev–Trinajstić information content (AvgIpc) is 3.18. The molecule has 0 unspecified atom stereocenters. The van der Waals surface area contributed by atoms with Crippen LogP contribution in [0.15, 0.2) is 45.7 Å². The summed E-state index contributed by atoms with van der Waals surface area (Å²) in [5.74, 6) is -1.17. The van der Waals surface area contributed by atoms with Gasteiger partial charge in [-0.05, 0) is 24.6 Å². The Morgan fingerprint density at radius 1 is 1.33 bits per heavy atom. The molecule has 0 aliphatic carbocycles. The van der Waals surface area contributed by atoms with E-state index in [4.69, 9.17) is 4.42 Å². The monoisotopic (exact) mass is 331 g/mol. The van der Waals surface area contributed by atoms with Gasteiger partial charge < -0.3 is 9.73 Å². The number of hydrogen-bond donors (Lipinski definition) is 1. The molecular weight excluding hydrogens is 318 g/mol. The van der Waals surface area contributed by atoms with E-state index in [1.807, 2.05) is 0 Å². The number of carbonyl (C=O) groups is 1. The number of furan rings is 1. The fraction of sp³-hybridized carbons (Fsp3) is 0.214. The predicted octanol–water partition coefficient (Wildman–Crippen LogP) is 0.817. The van der Waals surface area contributed by atoms with Crippen LogP contribution in [0.5, 0.6) is 0 Å². The zero-order valence-corrected chi connectivity index (χ0v) is 12.4. The van der Waals surface area contributed by atoms with E-state index in [1.165, 1.54) is 15.1 Å². The first-order valence-electron chi connectivity index (χ1n) is 7.13. The smallest absolute Gasteiger partial charge is 0.395 e. The van der Waals surface area contributed by atoms with Crippen molar-refractivity contribution in [1.29, 1.82) is 0 Å². The Bertz CT molecular complexity index is 954. The van der Waals surface area contributed by atoms with Crippen molar-refractivity contribution < 1.29 is 14.1 Å². The molecule has 10 nitrogen and oxygen atoms in total. The second kappa shape index (κ2) is 6.36. The minimum atomic E-state index is -0.716. The van der Waals surface area contributed by atoms with Crippen LogP contribution in [0.3, 0.4) is 0 Å². The summed E-state index contributed by atoms with van der Waals surface area (Å²) in [6.45, 7) is 0.604. The van der Waals surface area contributed by atoms with Gasteiger partial charge in [0.2, 0.25) is 0 Å². The van der Waals surface area contributed by atoms with Gasteiger partial charge in [-0.15, -0.1) is 5.10 Å². The van der Waals surface area contributed by atoms with Crippen molar-refractivity contribution in [2.45, 2.75) is 13.0 Å². The Morgan fingerprint density at radius 2 is 2.17 bits per heavy atom. The van der Waals surface area contributed by atoms with Crippen LogP contribution in [0.2, 0.25) is 0 Å². The molecule has 0 fully saturated rings. The van der Waals surface area contributed by atoms with Crippen molar-refractivity contribution in [3.05, 3.63) is 62.9 Å². The lowest BCUT2D eigenvalue weighted by molar-refractivity contribution is -0.402. The maximum atomic E-state index is 12.0. The zero-order chi connectivity index (χ0) is 17.1. The summed E-state index contributed by atoms with van der Waals surface area (Å²) in [7, 11) is 0. The molecule has 10 heteroatoms. The lowest BCUT2D eigenvalue weighted by Gasteiger charge is -2.02. The Morgan fingerprint density at radius 3 is 2.88 bits per heavy atom. The van der Waals surface area contributed by atoms with Gasteiger partial charge in [0.05, 0.1) is 6.07 Å². The number of rotatable bonds is 6. The Kier molecular flexibility index (Phi) is 4.10. The third-order valence-electron chi connectivity index (χ3n) is 3.32. The molecule has 24 heavy (non-hydrogen) atoms. The minimum absolute atomic E-state index is 0.133. The van der Waals surface area contributed by atoms with Crippen LogP contribution < -0.4 is 11.0 Å². The van der Waals surface area contributed by atoms with Gasteiger partial charge in [0.1, 0.15) is 4.92 Å². The van der Waals surface area contributed by atoms with Crippen molar-refractivity contribution in [1.82, 2.24) is 19.5 Å². The predicted molar refractivity (Wildman–Crippen MR) is 81.8 cm³/mol. The van der Waals surface area contributed by atoms with E-state index in [-0.39, 0.29) is 18.0 Å². The number of hydrogen-bond acceptors (Lipinski definition) is 6. The lowest BCUT2D eigenvalue weighted by atomic mass is 10.4. The van der Waals surface area contributed by atoms with E-state index in [0.29, 0.717) is 18.6 Å². The molecule has 124 valence electrons. The molecule has 0 radical (unpaired) electrons. The fourth-order valence-electron chi connectivity index (χ4n) is 2.18. The average molecular weight is 331 g/mol. The van der Waals surface area contributed by atoms with Crippen molar-refractivity contribution >= 4 is 17.4 Å². The summed E-state index contributed by atoms with van der Waals surface area (Å²) in [5.41, 5.74) is 0.299. The van der Waals surface area contributed by atoms with Crippen LogP contribution in [-0.2, 0) is 6.54 Å². The molecule has 3 heterocycles. The van der Waals surface area contributed by atoms with Gasteiger partial charge in [-0.25, -0.2) is 9.48 Å². The van der Waals surface area contributed by atoms with E-state index in [2.05, 4.69) is 10.4 Å². The van der Waals surface area contributed by atoms with Gasteiger partial charge in [-0.2, -0.15) is 0 Å². The molecule has 0 aromatic carbocycles. The van der Waals surface area contributed by atoms with Crippen LogP contribution in [0.4, 0.5) is 5.88 Å². The Balaban J connectivity index is 1.54. The number of fused-ring (bicyclic) bond motifs is 1. The topological polar surface area (TPSA) is 125 Å². The van der Waals surface area contributed by atoms with E-state index in [0.717, 1.165) is 6.07 Å². The van der Waals surface area contributed by atoms with Gasteiger partial charge in [-0.1, -0.05) is 6.07 Å². The number of nitrogens with one attached hydrogen (secondary N) is 1. The molecular formula is C14H13N5O5. The molecule has 0 aliphatic rings. The fourth-order valence-corrected chi connectivity index (χ4v) is 2.18. The SMILES string of the molecule is O=C(NCCCn1nc2ccccn2c1=O)c1ccc([N+](=O)[O-])o1. The molecule has 0 aliphatic heterocycles. The molecule has 3 rings (SSSR count). The first-order valence-corrected chi connectivity index (χ1v) is 7.13. The summed E-state index contributed by atoms with van der Waals surface area (Å²) in [6.07, 6.45) is 2.10. The van der Waals surface area contributed by atoms with Gasteiger partial charge in [0.25, 0.3) is 5.91 Å². The largest absolute Gasteiger partial charge is 0.433 e. The highest BCUT2D eigenvalue weighted by atomic mass is 16.6. The maximum Gasteiger partial charge on any atom is 0.433 e.